The van der Waals surface area contributed by atoms with E-state index < -0.39 is 11.7 Å². The molecule has 0 amide bonds. The molecule has 0 atom stereocenters. The number of nitrogens with zero attached hydrogens (tertiary/aromatic N) is 3. The van der Waals surface area contributed by atoms with Gasteiger partial charge in [0.2, 0.25) is 5.95 Å². The normalized spacial score (nSPS) is 11.7. The Labute approximate surface area is 151 Å². The summed E-state index contributed by atoms with van der Waals surface area (Å²) < 4.78 is 39.0. The highest BCUT2D eigenvalue weighted by Crippen LogP contribution is 2.34. The average Bonchev–Trinajstić information content (AvgIpc) is 3.04. The largest absolute Gasteiger partial charge is 0.416 e. The molecule has 2 aromatic heterocycles. The number of hydrogen-bond donors (Lipinski definition) is 3. The fourth-order valence-corrected chi connectivity index (χ4v) is 2.75. The Kier molecular flexibility index (Phi) is 3.91. The number of halogens is 3. The molecule has 2 aromatic carbocycles. The molecule has 0 bridgehead atoms. The van der Waals surface area contributed by atoms with E-state index in [1.54, 1.807) is 30.3 Å². The van der Waals surface area contributed by atoms with Crippen molar-refractivity contribution in [3.8, 4) is 11.3 Å². The minimum Gasteiger partial charge on any atom is -0.368 e. The van der Waals surface area contributed by atoms with Gasteiger partial charge in [-0.1, -0.05) is 12.1 Å². The van der Waals surface area contributed by atoms with Gasteiger partial charge in [-0.25, -0.2) is 4.98 Å². The van der Waals surface area contributed by atoms with Crippen LogP contribution in [0.15, 0.2) is 54.7 Å². The molecule has 136 valence electrons. The molecule has 27 heavy (non-hydrogen) atoms. The van der Waals surface area contributed by atoms with Crippen LogP contribution in [0.3, 0.4) is 0 Å². The number of benzene rings is 2. The molecule has 0 aliphatic carbocycles. The first-order chi connectivity index (χ1) is 12.9. The molecule has 0 radical (unpaired) electrons. The molecular formula is C18H13F3N6. The molecule has 0 aliphatic heterocycles. The molecular weight excluding hydrogens is 357 g/mol. The number of nitrogen functional groups attached to an aromatic ring is 1. The molecule has 2 heterocycles. The lowest BCUT2D eigenvalue weighted by Gasteiger charge is -2.08. The highest BCUT2D eigenvalue weighted by Gasteiger charge is 2.30. The Morgan fingerprint density at radius 2 is 1.89 bits per heavy atom. The molecule has 4 rings (SSSR count). The summed E-state index contributed by atoms with van der Waals surface area (Å²) in [6.07, 6.45) is -2.89. The predicted molar refractivity (Wildman–Crippen MR) is 96.3 cm³/mol. The SMILES string of the molecule is Nc1nccc(Nc2ccc3[nH]nc(-c4cccc(C(F)(F)F)c4)c3c2)n1. The number of nitrogens with one attached hydrogen (secondary N) is 2. The number of hydrogen-bond acceptors (Lipinski definition) is 5. The number of nitrogens with two attached hydrogens (primary N) is 1. The van der Waals surface area contributed by atoms with Gasteiger partial charge in [-0.15, -0.1) is 0 Å². The number of anilines is 3. The predicted octanol–water partition coefficient (Wildman–Crippen LogP) is 4.36. The number of aromatic amines is 1. The monoisotopic (exact) mass is 370 g/mol. The zero-order chi connectivity index (χ0) is 19.0. The second-order valence-electron chi connectivity index (χ2n) is 5.84. The average molecular weight is 370 g/mol. The van der Waals surface area contributed by atoms with E-state index in [1.165, 1.54) is 12.3 Å². The fourth-order valence-electron chi connectivity index (χ4n) is 2.75. The van der Waals surface area contributed by atoms with Gasteiger partial charge in [0.1, 0.15) is 5.82 Å². The number of alkyl halides is 3. The van der Waals surface area contributed by atoms with E-state index in [0.29, 0.717) is 33.7 Å². The number of fused-ring (bicyclic) bond motifs is 1. The summed E-state index contributed by atoms with van der Waals surface area (Å²) >= 11 is 0. The smallest absolute Gasteiger partial charge is 0.368 e. The quantitative estimate of drug-likeness (QED) is 0.498. The van der Waals surface area contributed by atoms with Crippen molar-refractivity contribution >= 4 is 28.4 Å². The molecule has 0 spiro atoms. The molecule has 4 N–H and O–H groups in total. The summed E-state index contributed by atoms with van der Waals surface area (Å²) in [7, 11) is 0. The minimum atomic E-state index is -4.41. The third kappa shape index (κ3) is 3.39. The maximum absolute atomic E-state index is 13.0. The van der Waals surface area contributed by atoms with Gasteiger partial charge in [0.05, 0.1) is 16.8 Å². The zero-order valence-corrected chi connectivity index (χ0v) is 13.7. The van der Waals surface area contributed by atoms with Gasteiger partial charge < -0.3 is 11.1 Å². The van der Waals surface area contributed by atoms with Crippen LogP contribution in [0, 0.1) is 0 Å². The van der Waals surface area contributed by atoms with Gasteiger partial charge in [-0.2, -0.15) is 23.3 Å². The first kappa shape index (κ1) is 16.8. The second kappa shape index (κ2) is 6.27. The van der Waals surface area contributed by atoms with Crippen LogP contribution in [-0.2, 0) is 6.18 Å². The Morgan fingerprint density at radius 3 is 2.67 bits per heavy atom. The van der Waals surface area contributed by atoms with Gasteiger partial charge >= 0.3 is 6.18 Å². The van der Waals surface area contributed by atoms with E-state index in [1.807, 2.05) is 0 Å². The summed E-state index contributed by atoms with van der Waals surface area (Å²) in [5.41, 5.74) is 7.05. The van der Waals surface area contributed by atoms with Gasteiger partial charge in [0.25, 0.3) is 0 Å². The third-order valence-corrected chi connectivity index (χ3v) is 3.97. The lowest BCUT2D eigenvalue weighted by molar-refractivity contribution is -0.137. The zero-order valence-electron chi connectivity index (χ0n) is 13.7. The van der Waals surface area contributed by atoms with Gasteiger partial charge in [0, 0.05) is 22.8 Å². The van der Waals surface area contributed by atoms with Crippen LogP contribution in [0.2, 0.25) is 0 Å². The van der Waals surface area contributed by atoms with E-state index in [2.05, 4.69) is 25.5 Å². The Hall–Kier alpha value is -3.62. The Bertz CT molecular complexity index is 1120. The number of rotatable bonds is 3. The maximum Gasteiger partial charge on any atom is 0.416 e. The van der Waals surface area contributed by atoms with Crippen molar-refractivity contribution in [3.63, 3.8) is 0 Å². The summed E-state index contributed by atoms with van der Waals surface area (Å²) in [4.78, 5) is 7.89. The van der Waals surface area contributed by atoms with E-state index in [0.717, 1.165) is 12.1 Å². The highest BCUT2D eigenvalue weighted by molar-refractivity contribution is 5.95. The lowest BCUT2D eigenvalue weighted by atomic mass is 10.0. The molecule has 0 aliphatic rings. The summed E-state index contributed by atoms with van der Waals surface area (Å²) in [5.74, 6) is 0.639. The highest BCUT2D eigenvalue weighted by atomic mass is 19.4. The number of aromatic nitrogens is 4. The standard InChI is InChI=1S/C18H13F3N6/c19-18(20,21)11-3-1-2-10(8-11)16-13-9-12(4-5-14(13)26-27-16)24-15-6-7-23-17(22)25-15/h1-9H,(H,26,27)(H3,22,23,24,25). The van der Waals surface area contributed by atoms with Crippen molar-refractivity contribution in [3.05, 3.63) is 60.3 Å². The van der Waals surface area contributed by atoms with E-state index >= 15 is 0 Å². The molecule has 0 saturated heterocycles. The van der Waals surface area contributed by atoms with Crippen molar-refractivity contribution in [2.45, 2.75) is 6.18 Å². The van der Waals surface area contributed by atoms with Crippen LogP contribution >= 0.6 is 0 Å². The van der Waals surface area contributed by atoms with Crippen molar-refractivity contribution in [2.75, 3.05) is 11.1 Å². The van der Waals surface area contributed by atoms with Gasteiger partial charge in [-0.05, 0) is 36.4 Å². The summed E-state index contributed by atoms with van der Waals surface area (Å²) in [5, 5.41) is 10.8. The topological polar surface area (TPSA) is 92.5 Å². The van der Waals surface area contributed by atoms with Crippen LogP contribution in [-0.4, -0.2) is 20.2 Å². The van der Waals surface area contributed by atoms with E-state index in [4.69, 9.17) is 5.73 Å². The first-order valence-corrected chi connectivity index (χ1v) is 7.91. The van der Waals surface area contributed by atoms with Crippen LogP contribution in [0.4, 0.5) is 30.6 Å². The van der Waals surface area contributed by atoms with Gasteiger partial charge in [0.15, 0.2) is 0 Å². The van der Waals surface area contributed by atoms with Crippen LogP contribution in [0.5, 0.6) is 0 Å². The first-order valence-electron chi connectivity index (χ1n) is 7.91. The Morgan fingerprint density at radius 1 is 1.04 bits per heavy atom. The summed E-state index contributed by atoms with van der Waals surface area (Å²) in [6, 6.07) is 12.1. The van der Waals surface area contributed by atoms with E-state index in [-0.39, 0.29) is 5.95 Å². The lowest BCUT2D eigenvalue weighted by Crippen LogP contribution is -2.04. The number of H-pyrrole nitrogens is 1. The van der Waals surface area contributed by atoms with Crippen molar-refractivity contribution in [1.29, 1.82) is 0 Å². The third-order valence-electron chi connectivity index (χ3n) is 3.97. The minimum absolute atomic E-state index is 0.133. The van der Waals surface area contributed by atoms with Gasteiger partial charge in [-0.3, -0.25) is 5.10 Å². The molecule has 6 nitrogen and oxygen atoms in total. The van der Waals surface area contributed by atoms with Crippen LogP contribution in [0.1, 0.15) is 5.56 Å². The van der Waals surface area contributed by atoms with Crippen LogP contribution in [0.25, 0.3) is 22.2 Å². The maximum atomic E-state index is 13.0. The van der Waals surface area contributed by atoms with Crippen molar-refractivity contribution in [2.24, 2.45) is 0 Å². The molecule has 0 saturated carbocycles. The fraction of sp³-hybridized carbons (Fsp3) is 0.0556. The molecule has 0 unspecified atom stereocenters. The molecule has 4 aromatic rings. The van der Waals surface area contributed by atoms with Crippen molar-refractivity contribution in [1.82, 2.24) is 20.2 Å². The van der Waals surface area contributed by atoms with Crippen LogP contribution < -0.4 is 11.1 Å². The second-order valence-corrected chi connectivity index (χ2v) is 5.84. The molecule has 0 fully saturated rings. The molecule has 9 heteroatoms. The summed E-state index contributed by atoms with van der Waals surface area (Å²) in [6.45, 7) is 0. The van der Waals surface area contributed by atoms with Crippen molar-refractivity contribution < 1.29 is 13.2 Å². The Balaban J connectivity index is 1.75. The van der Waals surface area contributed by atoms with E-state index in [9.17, 15) is 13.2 Å².